The lowest BCUT2D eigenvalue weighted by Gasteiger charge is -2.31. The van der Waals surface area contributed by atoms with E-state index in [1.54, 1.807) is 0 Å². The zero-order chi connectivity index (χ0) is 14.2. The molecule has 3 nitrogen and oxygen atoms in total. The Morgan fingerprint density at radius 2 is 1.72 bits per heavy atom. The quantitative estimate of drug-likeness (QED) is 0.367. The Morgan fingerprint density at radius 3 is 2.17 bits per heavy atom. The van der Waals surface area contributed by atoms with Crippen LogP contribution in [-0.2, 0) is 9.53 Å². The standard InChI is InChI=1S/C14H32NO2Si/c1-7-18(6,8-2)13-9-10-15(4,5)11-12-17-14(3)16/h7-13H2,1-6H3/q+1. The van der Waals surface area contributed by atoms with E-state index in [0.29, 0.717) is 6.61 Å². The van der Waals surface area contributed by atoms with Crippen molar-refractivity contribution in [1.82, 2.24) is 0 Å². The molecule has 0 amide bonds. The van der Waals surface area contributed by atoms with Gasteiger partial charge in [0.15, 0.2) is 0 Å². The molecule has 0 aliphatic carbocycles. The lowest BCUT2D eigenvalue weighted by molar-refractivity contribution is -0.890. The number of hydrogen-bond donors (Lipinski definition) is 0. The van der Waals surface area contributed by atoms with Crippen LogP contribution in [0.3, 0.4) is 0 Å². The van der Waals surface area contributed by atoms with Crippen molar-refractivity contribution in [3.63, 3.8) is 0 Å². The number of carbonyl (C=O) groups excluding carboxylic acids is 1. The molecule has 0 radical (unpaired) electrons. The van der Waals surface area contributed by atoms with Crippen molar-refractivity contribution in [3.05, 3.63) is 0 Å². The van der Waals surface area contributed by atoms with E-state index in [2.05, 4.69) is 34.5 Å². The topological polar surface area (TPSA) is 26.3 Å². The van der Waals surface area contributed by atoms with E-state index in [1.165, 1.54) is 38.0 Å². The first-order valence-corrected chi connectivity index (χ1v) is 10.3. The van der Waals surface area contributed by atoms with Crippen molar-refractivity contribution in [2.45, 2.75) is 51.9 Å². The van der Waals surface area contributed by atoms with Crippen LogP contribution in [0.15, 0.2) is 0 Å². The zero-order valence-electron chi connectivity index (χ0n) is 13.2. The van der Waals surface area contributed by atoms with E-state index < -0.39 is 8.07 Å². The van der Waals surface area contributed by atoms with Crippen LogP contribution in [0, 0.1) is 0 Å². The van der Waals surface area contributed by atoms with Gasteiger partial charge in [-0.25, -0.2) is 0 Å². The van der Waals surface area contributed by atoms with Crippen molar-refractivity contribution in [2.75, 3.05) is 33.8 Å². The van der Waals surface area contributed by atoms with E-state index in [0.717, 1.165) is 11.0 Å². The minimum absolute atomic E-state index is 0.174. The highest BCUT2D eigenvalue weighted by atomic mass is 28.3. The number of quaternary nitrogens is 1. The molecule has 0 saturated carbocycles. The highest BCUT2D eigenvalue weighted by molar-refractivity contribution is 6.78. The van der Waals surface area contributed by atoms with Gasteiger partial charge >= 0.3 is 5.97 Å². The summed E-state index contributed by atoms with van der Waals surface area (Å²) in [5.41, 5.74) is 0. The van der Waals surface area contributed by atoms with Crippen molar-refractivity contribution in [3.8, 4) is 0 Å². The van der Waals surface area contributed by atoms with Crippen LogP contribution in [-0.4, -0.2) is 52.3 Å². The second-order valence-electron chi connectivity index (χ2n) is 6.34. The third-order valence-corrected chi connectivity index (χ3v) is 9.23. The predicted octanol–water partition coefficient (Wildman–Crippen LogP) is 3.13. The maximum Gasteiger partial charge on any atom is 0.302 e. The summed E-state index contributed by atoms with van der Waals surface area (Å²) in [6.45, 7) is 11.3. The minimum atomic E-state index is -0.942. The number of likely N-dealkylation sites (N-methyl/N-ethyl adjacent to an activating group) is 1. The molecule has 0 fully saturated rings. The second-order valence-corrected chi connectivity index (χ2v) is 11.9. The molecular weight excluding hydrogens is 242 g/mol. The molecule has 0 spiro atoms. The summed E-state index contributed by atoms with van der Waals surface area (Å²) in [4.78, 5) is 10.7. The molecule has 0 aromatic rings. The number of carbonyl (C=O) groups is 1. The fourth-order valence-electron chi connectivity index (χ4n) is 2.09. The summed E-state index contributed by atoms with van der Waals surface area (Å²) in [6.07, 6.45) is 1.30. The van der Waals surface area contributed by atoms with Crippen LogP contribution >= 0.6 is 0 Å². The molecule has 0 heterocycles. The van der Waals surface area contributed by atoms with E-state index in [9.17, 15) is 4.79 Å². The highest BCUT2D eigenvalue weighted by Gasteiger charge is 2.24. The average Bonchev–Trinajstić information content (AvgIpc) is 2.27. The summed E-state index contributed by atoms with van der Waals surface area (Å²) < 4.78 is 5.97. The van der Waals surface area contributed by atoms with Gasteiger partial charge < -0.3 is 9.22 Å². The molecular formula is C14H32NO2Si+. The second kappa shape index (κ2) is 7.95. The van der Waals surface area contributed by atoms with Crippen molar-refractivity contribution in [1.29, 1.82) is 0 Å². The third kappa shape index (κ3) is 7.87. The first-order valence-electron chi connectivity index (χ1n) is 7.20. The molecule has 0 aliphatic heterocycles. The van der Waals surface area contributed by atoms with Gasteiger partial charge in [0.2, 0.25) is 0 Å². The molecule has 108 valence electrons. The summed E-state index contributed by atoms with van der Waals surface area (Å²) >= 11 is 0. The molecule has 4 heteroatoms. The average molecular weight is 275 g/mol. The Morgan fingerprint density at radius 1 is 1.17 bits per heavy atom. The van der Waals surface area contributed by atoms with Crippen molar-refractivity contribution in [2.24, 2.45) is 0 Å². The van der Waals surface area contributed by atoms with Gasteiger partial charge in [0.25, 0.3) is 0 Å². The van der Waals surface area contributed by atoms with Crippen LogP contribution in [0.4, 0.5) is 0 Å². The summed E-state index contributed by atoms with van der Waals surface area (Å²) in [7, 11) is 3.50. The van der Waals surface area contributed by atoms with Gasteiger partial charge in [-0.3, -0.25) is 4.79 Å². The SMILES string of the molecule is CC[Si](C)(CC)CCC[N+](C)(C)CCOC(C)=O. The van der Waals surface area contributed by atoms with Crippen LogP contribution in [0.25, 0.3) is 0 Å². The molecule has 0 aliphatic rings. The van der Waals surface area contributed by atoms with Gasteiger partial charge in [-0.15, -0.1) is 0 Å². The predicted molar refractivity (Wildman–Crippen MR) is 80.5 cm³/mol. The molecule has 0 aromatic carbocycles. The molecule has 0 saturated heterocycles. The Bertz CT molecular complexity index is 250. The molecule has 0 bridgehead atoms. The smallest absolute Gasteiger partial charge is 0.302 e. The zero-order valence-corrected chi connectivity index (χ0v) is 14.2. The number of nitrogens with zero attached hydrogens (tertiary/aromatic N) is 1. The first kappa shape index (κ1) is 17.6. The summed E-state index contributed by atoms with van der Waals surface area (Å²) in [5.74, 6) is -0.174. The maximum atomic E-state index is 10.7. The molecule has 0 aromatic heterocycles. The molecule has 0 rings (SSSR count). The molecule has 0 N–H and O–H groups in total. The fraction of sp³-hybridized carbons (Fsp3) is 0.929. The maximum absolute atomic E-state index is 10.7. The Balaban J connectivity index is 3.92. The Hall–Kier alpha value is -0.353. The Labute approximate surface area is 114 Å². The van der Waals surface area contributed by atoms with Crippen LogP contribution in [0.1, 0.15) is 27.2 Å². The molecule has 0 unspecified atom stereocenters. The summed E-state index contributed by atoms with van der Waals surface area (Å²) in [6, 6.07) is 4.21. The molecule has 18 heavy (non-hydrogen) atoms. The van der Waals surface area contributed by atoms with Gasteiger partial charge in [0, 0.05) is 6.92 Å². The monoisotopic (exact) mass is 274 g/mol. The van der Waals surface area contributed by atoms with E-state index in [-0.39, 0.29) is 5.97 Å². The van der Waals surface area contributed by atoms with Crippen molar-refractivity contribution >= 4 is 14.0 Å². The first-order chi connectivity index (χ1) is 8.24. The van der Waals surface area contributed by atoms with Gasteiger partial charge in [-0.05, 0) is 6.42 Å². The number of ether oxygens (including phenoxy) is 1. The number of hydrogen-bond acceptors (Lipinski definition) is 2. The molecule has 0 atom stereocenters. The fourth-order valence-corrected chi connectivity index (χ4v) is 4.30. The van der Waals surface area contributed by atoms with Crippen LogP contribution in [0.5, 0.6) is 0 Å². The third-order valence-electron chi connectivity index (χ3n) is 4.25. The van der Waals surface area contributed by atoms with Gasteiger partial charge in [-0.1, -0.05) is 38.5 Å². The van der Waals surface area contributed by atoms with Crippen molar-refractivity contribution < 1.29 is 14.0 Å². The van der Waals surface area contributed by atoms with E-state index >= 15 is 0 Å². The van der Waals surface area contributed by atoms with E-state index in [4.69, 9.17) is 4.74 Å². The lowest BCUT2D eigenvalue weighted by Crippen LogP contribution is -2.44. The highest BCUT2D eigenvalue weighted by Crippen LogP contribution is 2.22. The van der Waals surface area contributed by atoms with Crippen LogP contribution in [0.2, 0.25) is 24.7 Å². The van der Waals surface area contributed by atoms with Gasteiger partial charge in [-0.2, -0.15) is 0 Å². The van der Waals surface area contributed by atoms with Crippen LogP contribution < -0.4 is 0 Å². The normalized spacial score (nSPS) is 12.6. The van der Waals surface area contributed by atoms with Gasteiger partial charge in [0.05, 0.1) is 28.7 Å². The minimum Gasteiger partial charge on any atom is -0.460 e. The summed E-state index contributed by atoms with van der Waals surface area (Å²) in [5, 5.41) is 0. The lowest BCUT2D eigenvalue weighted by atomic mass is 10.3. The van der Waals surface area contributed by atoms with Gasteiger partial charge in [0.1, 0.15) is 13.2 Å². The number of esters is 1. The Kier molecular flexibility index (Phi) is 7.79. The number of rotatable bonds is 9. The van der Waals surface area contributed by atoms with E-state index in [1.807, 2.05) is 0 Å². The largest absolute Gasteiger partial charge is 0.460 e.